The van der Waals surface area contributed by atoms with Crippen molar-refractivity contribution in [3.63, 3.8) is 0 Å². The number of hydrogen-bond acceptors (Lipinski definition) is 0. The van der Waals surface area contributed by atoms with Crippen molar-refractivity contribution in [2.24, 2.45) is 0 Å². The van der Waals surface area contributed by atoms with Gasteiger partial charge in [0.15, 0.2) is 0 Å². The van der Waals surface area contributed by atoms with Crippen LogP contribution >= 0.6 is 0 Å². The first-order valence-corrected chi connectivity index (χ1v) is 10.5. The smallest absolute Gasteiger partial charge is 0.00146 e. The molecule has 144 valence electrons. The molecule has 0 N–H and O–H groups in total. The molecule has 30 heavy (non-hydrogen) atoms. The maximum absolute atomic E-state index is 2.34. The molecule has 0 unspecified atom stereocenters. The quantitative estimate of drug-likeness (QED) is 0.338. The number of hydrogen-bond donors (Lipinski definition) is 0. The molecule has 0 saturated carbocycles. The molecule has 0 heterocycles. The first kappa shape index (κ1) is 18.4. The van der Waals surface area contributed by atoms with Gasteiger partial charge >= 0.3 is 0 Å². The zero-order chi connectivity index (χ0) is 20.5. The Balaban J connectivity index is 1.84. The van der Waals surface area contributed by atoms with Gasteiger partial charge in [0.1, 0.15) is 0 Å². The van der Waals surface area contributed by atoms with Crippen molar-refractivity contribution in [1.82, 2.24) is 0 Å². The van der Waals surface area contributed by atoms with E-state index in [1.807, 2.05) is 0 Å². The van der Waals surface area contributed by atoms with E-state index >= 15 is 0 Å². The zero-order valence-corrected chi connectivity index (χ0v) is 17.4. The van der Waals surface area contributed by atoms with Crippen LogP contribution in [-0.4, -0.2) is 0 Å². The van der Waals surface area contributed by atoms with Crippen LogP contribution in [0.3, 0.4) is 0 Å². The van der Waals surface area contributed by atoms with E-state index in [1.165, 1.54) is 55.7 Å². The lowest BCUT2D eigenvalue weighted by Crippen LogP contribution is -1.96. The standard InChI is InChI=1S/C30H24/c1-21-12-16-23(17-13-21)28-20-26-10-6-7-11-27(26)30(28)29(24-8-4-3-5-9-24)25-18-14-22(2)15-19-25/h3-20H,1-2H3/b30-29-. The highest BCUT2D eigenvalue weighted by Gasteiger charge is 2.24. The number of benzene rings is 4. The zero-order valence-electron chi connectivity index (χ0n) is 17.4. The number of rotatable bonds is 3. The minimum Gasteiger partial charge on any atom is -0.0622 e. The molecule has 5 rings (SSSR count). The first-order chi connectivity index (χ1) is 14.7. The summed E-state index contributed by atoms with van der Waals surface area (Å²) in [5.41, 5.74) is 12.8. The van der Waals surface area contributed by atoms with Crippen molar-refractivity contribution in [1.29, 1.82) is 0 Å². The van der Waals surface area contributed by atoms with Crippen molar-refractivity contribution >= 4 is 22.8 Å². The van der Waals surface area contributed by atoms with Crippen LogP contribution in [-0.2, 0) is 0 Å². The van der Waals surface area contributed by atoms with Crippen LogP contribution in [0.15, 0.2) is 103 Å². The van der Waals surface area contributed by atoms with Gasteiger partial charge in [-0.15, -0.1) is 0 Å². The highest BCUT2D eigenvalue weighted by molar-refractivity contribution is 6.25. The van der Waals surface area contributed by atoms with E-state index in [0.717, 1.165) is 0 Å². The second-order valence-electron chi connectivity index (χ2n) is 7.99. The Morgan fingerprint density at radius 1 is 0.533 bits per heavy atom. The third kappa shape index (κ3) is 3.31. The Morgan fingerprint density at radius 3 is 1.80 bits per heavy atom. The van der Waals surface area contributed by atoms with Gasteiger partial charge in [-0.25, -0.2) is 0 Å². The Bertz CT molecular complexity index is 1250. The SMILES string of the molecule is Cc1ccc(C2=Cc3ccccc3/C2=C(\c2ccccc2)c2ccc(C)cc2)cc1. The molecular formula is C30H24. The summed E-state index contributed by atoms with van der Waals surface area (Å²) in [6, 6.07) is 37.3. The topological polar surface area (TPSA) is 0 Å². The summed E-state index contributed by atoms with van der Waals surface area (Å²) >= 11 is 0. The summed E-state index contributed by atoms with van der Waals surface area (Å²) in [6.07, 6.45) is 2.34. The normalized spacial score (nSPS) is 14.3. The van der Waals surface area contributed by atoms with Crippen LogP contribution in [0.2, 0.25) is 0 Å². The van der Waals surface area contributed by atoms with Crippen LogP contribution < -0.4 is 0 Å². The molecule has 1 aliphatic carbocycles. The second kappa shape index (κ2) is 7.65. The van der Waals surface area contributed by atoms with Crippen molar-refractivity contribution in [3.05, 3.63) is 142 Å². The molecule has 0 aliphatic heterocycles. The monoisotopic (exact) mass is 384 g/mol. The van der Waals surface area contributed by atoms with Crippen LogP contribution in [0.1, 0.15) is 38.9 Å². The number of aryl methyl sites for hydroxylation is 2. The summed E-state index contributed by atoms with van der Waals surface area (Å²) in [4.78, 5) is 0. The van der Waals surface area contributed by atoms with Gasteiger partial charge in [-0.2, -0.15) is 0 Å². The van der Waals surface area contributed by atoms with E-state index < -0.39 is 0 Å². The molecule has 0 atom stereocenters. The molecule has 0 amide bonds. The van der Waals surface area contributed by atoms with Gasteiger partial charge in [0, 0.05) is 0 Å². The maximum atomic E-state index is 2.34. The van der Waals surface area contributed by atoms with E-state index in [-0.39, 0.29) is 0 Å². The largest absolute Gasteiger partial charge is 0.0622 e. The molecule has 0 bridgehead atoms. The van der Waals surface area contributed by atoms with Gasteiger partial charge in [-0.1, -0.05) is 114 Å². The molecule has 0 aromatic heterocycles. The fourth-order valence-electron chi connectivity index (χ4n) is 4.23. The van der Waals surface area contributed by atoms with Crippen LogP contribution in [0.4, 0.5) is 0 Å². The van der Waals surface area contributed by atoms with E-state index in [1.54, 1.807) is 0 Å². The molecule has 4 aromatic carbocycles. The predicted octanol–water partition coefficient (Wildman–Crippen LogP) is 7.82. The second-order valence-corrected chi connectivity index (χ2v) is 7.99. The average molecular weight is 385 g/mol. The summed E-state index contributed by atoms with van der Waals surface area (Å²) in [7, 11) is 0. The minimum absolute atomic E-state index is 1.24. The van der Waals surface area contributed by atoms with E-state index in [4.69, 9.17) is 0 Å². The highest BCUT2D eigenvalue weighted by atomic mass is 14.3. The van der Waals surface area contributed by atoms with Crippen LogP contribution in [0.5, 0.6) is 0 Å². The third-order valence-electron chi connectivity index (χ3n) is 5.81. The van der Waals surface area contributed by atoms with Crippen LogP contribution in [0.25, 0.3) is 22.8 Å². The molecule has 0 heteroatoms. The van der Waals surface area contributed by atoms with E-state index in [0.29, 0.717) is 0 Å². The molecule has 4 aromatic rings. The van der Waals surface area contributed by atoms with Crippen molar-refractivity contribution in [2.75, 3.05) is 0 Å². The number of fused-ring (bicyclic) bond motifs is 1. The Morgan fingerprint density at radius 2 is 1.10 bits per heavy atom. The van der Waals surface area contributed by atoms with Gasteiger partial charge in [0.25, 0.3) is 0 Å². The first-order valence-electron chi connectivity index (χ1n) is 10.5. The minimum atomic E-state index is 1.24. The molecule has 0 radical (unpaired) electrons. The van der Waals surface area contributed by atoms with Crippen molar-refractivity contribution in [3.8, 4) is 0 Å². The summed E-state index contributed by atoms with van der Waals surface area (Å²) < 4.78 is 0. The molecule has 0 saturated heterocycles. The fourth-order valence-corrected chi connectivity index (χ4v) is 4.23. The third-order valence-corrected chi connectivity index (χ3v) is 5.81. The summed E-state index contributed by atoms with van der Waals surface area (Å²) in [6.45, 7) is 4.28. The van der Waals surface area contributed by atoms with Crippen molar-refractivity contribution in [2.45, 2.75) is 13.8 Å². The molecular weight excluding hydrogens is 360 g/mol. The molecule has 0 nitrogen and oxygen atoms in total. The van der Waals surface area contributed by atoms with Crippen molar-refractivity contribution < 1.29 is 0 Å². The fraction of sp³-hybridized carbons (Fsp3) is 0.0667. The number of allylic oxidation sites excluding steroid dienone is 2. The summed E-state index contributed by atoms with van der Waals surface area (Å²) in [5.74, 6) is 0. The molecule has 1 aliphatic rings. The van der Waals surface area contributed by atoms with Gasteiger partial charge in [0.05, 0.1) is 0 Å². The maximum Gasteiger partial charge on any atom is -0.00146 e. The van der Waals surface area contributed by atoms with Gasteiger partial charge < -0.3 is 0 Å². The predicted molar refractivity (Wildman–Crippen MR) is 129 cm³/mol. The Hall–Kier alpha value is -3.64. The van der Waals surface area contributed by atoms with Gasteiger partial charge in [0.2, 0.25) is 0 Å². The average Bonchev–Trinajstić information content (AvgIpc) is 3.16. The van der Waals surface area contributed by atoms with E-state index in [2.05, 4.69) is 123 Å². The van der Waals surface area contributed by atoms with Gasteiger partial charge in [-0.3, -0.25) is 0 Å². The van der Waals surface area contributed by atoms with E-state index in [9.17, 15) is 0 Å². The Labute approximate surface area is 178 Å². The lowest BCUT2D eigenvalue weighted by molar-refractivity contribution is 1.44. The molecule has 0 fully saturated rings. The lowest BCUT2D eigenvalue weighted by atomic mass is 9.85. The molecule has 0 spiro atoms. The lowest BCUT2D eigenvalue weighted by Gasteiger charge is -2.18. The Kier molecular flexibility index (Phi) is 4.69. The summed E-state index contributed by atoms with van der Waals surface area (Å²) in [5, 5.41) is 0. The highest BCUT2D eigenvalue weighted by Crippen LogP contribution is 2.47. The van der Waals surface area contributed by atoms with Gasteiger partial charge in [-0.05, 0) is 64.5 Å². The van der Waals surface area contributed by atoms with Crippen LogP contribution in [0, 0.1) is 13.8 Å².